The Hall–Kier alpha value is -1.35. The summed E-state index contributed by atoms with van der Waals surface area (Å²) < 4.78 is 0. The van der Waals surface area contributed by atoms with Gasteiger partial charge in [0.05, 0.1) is 6.10 Å². The van der Waals surface area contributed by atoms with E-state index in [0.29, 0.717) is 6.54 Å². The third-order valence-corrected chi connectivity index (χ3v) is 3.44. The smallest absolute Gasteiger partial charge is 0.0916 e. The Morgan fingerprint density at radius 3 is 2.37 bits per heavy atom. The van der Waals surface area contributed by atoms with E-state index in [9.17, 15) is 5.11 Å². The summed E-state index contributed by atoms with van der Waals surface area (Å²) in [6.45, 7) is 1.30. The SMILES string of the molecule is CN(Cc1ccccc1Cl)C[C@H](O)c1ccccc1. The highest BCUT2D eigenvalue weighted by molar-refractivity contribution is 6.31. The van der Waals surface area contributed by atoms with Crippen LogP contribution in [0.2, 0.25) is 5.02 Å². The summed E-state index contributed by atoms with van der Waals surface area (Å²) in [7, 11) is 1.98. The van der Waals surface area contributed by atoms with Gasteiger partial charge in [-0.2, -0.15) is 0 Å². The number of likely N-dealkylation sites (N-methyl/N-ethyl adjacent to an activating group) is 1. The second-order valence-corrected chi connectivity index (χ2v) is 5.12. The van der Waals surface area contributed by atoms with Crippen molar-refractivity contribution in [2.75, 3.05) is 13.6 Å². The van der Waals surface area contributed by atoms with Gasteiger partial charge in [-0.1, -0.05) is 60.1 Å². The van der Waals surface area contributed by atoms with Crippen LogP contribution in [0, 0.1) is 0 Å². The van der Waals surface area contributed by atoms with Crippen molar-refractivity contribution in [3.05, 3.63) is 70.7 Å². The van der Waals surface area contributed by atoms with Crippen LogP contribution < -0.4 is 0 Å². The molecule has 0 bridgehead atoms. The Kier molecular flexibility index (Phi) is 4.97. The second kappa shape index (κ2) is 6.71. The number of aliphatic hydroxyl groups is 1. The molecule has 0 radical (unpaired) electrons. The van der Waals surface area contributed by atoms with Gasteiger partial charge < -0.3 is 5.11 Å². The van der Waals surface area contributed by atoms with E-state index in [4.69, 9.17) is 11.6 Å². The van der Waals surface area contributed by atoms with E-state index in [2.05, 4.69) is 4.90 Å². The molecule has 0 aromatic heterocycles. The fourth-order valence-corrected chi connectivity index (χ4v) is 2.25. The topological polar surface area (TPSA) is 23.5 Å². The fraction of sp³-hybridized carbons (Fsp3) is 0.250. The van der Waals surface area contributed by atoms with E-state index >= 15 is 0 Å². The first kappa shape index (κ1) is 14.1. The molecule has 3 heteroatoms. The zero-order valence-electron chi connectivity index (χ0n) is 11.0. The zero-order chi connectivity index (χ0) is 13.7. The summed E-state index contributed by atoms with van der Waals surface area (Å²) in [4.78, 5) is 2.07. The Morgan fingerprint density at radius 2 is 1.68 bits per heavy atom. The quantitative estimate of drug-likeness (QED) is 0.903. The Balaban J connectivity index is 1.95. The zero-order valence-corrected chi connectivity index (χ0v) is 11.7. The molecule has 2 aromatic rings. The number of nitrogens with zero attached hydrogens (tertiary/aromatic N) is 1. The summed E-state index contributed by atoms with van der Waals surface area (Å²) in [5, 5.41) is 10.9. The molecule has 0 saturated heterocycles. The van der Waals surface area contributed by atoms with E-state index in [1.54, 1.807) is 0 Å². The minimum absolute atomic E-state index is 0.478. The summed E-state index contributed by atoms with van der Waals surface area (Å²) in [5.74, 6) is 0. The third-order valence-electron chi connectivity index (χ3n) is 3.07. The molecule has 0 unspecified atom stereocenters. The summed E-state index contributed by atoms with van der Waals surface area (Å²) >= 11 is 6.13. The molecule has 100 valence electrons. The molecular formula is C16H18ClNO. The molecule has 0 saturated carbocycles. The largest absolute Gasteiger partial charge is 0.387 e. The van der Waals surface area contributed by atoms with E-state index < -0.39 is 6.10 Å². The molecule has 0 aliphatic heterocycles. The van der Waals surface area contributed by atoms with Crippen LogP contribution in [-0.4, -0.2) is 23.6 Å². The molecule has 0 amide bonds. The average Bonchev–Trinajstić information content (AvgIpc) is 2.42. The maximum Gasteiger partial charge on any atom is 0.0916 e. The van der Waals surface area contributed by atoms with E-state index in [0.717, 1.165) is 22.7 Å². The molecule has 19 heavy (non-hydrogen) atoms. The van der Waals surface area contributed by atoms with Gasteiger partial charge in [-0.3, -0.25) is 4.90 Å². The van der Waals surface area contributed by atoms with Crippen molar-refractivity contribution in [1.82, 2.24) is 4.90 Å². The lowest BCUT2D eigenvalue weighted by atomic mass is 10.1. The van der Waals surface area contributed by atoms with Gasteiger partial charge in [0.2, 0.25) is 0 Å². The molecule has 2 aromatic carbocycles. The van der Waals surface area contributed by atoms with Gasteiger partial charge >= 0.3 is 0 Å². The number of hydrogen-bond acceptors (Lipinski definition) is 2. The summed E-state index contributed by atoms with van der Waals surface area (Å²) in [6, 6.07) is 17.5. The molecular weight excluding hydrogens is 258 g/mol. The van der Waals surface area contributed by atoms with E-state index in [-0.39, 0.29) is 0 Å². The lowest BCUT2D eigenvalue weighted by molar-refractivity contribution is 0.124. The first-order valence-electron chi connectivity index (χ1n) is 6.32. The highest BCUT2D eigenvalue weighted by Gasteiger charge is 2.11. The molecule has 2 rings (SSSR count). The molecule has 0 spiro atoms. The van der Waals surface area contributed by atoms with Gasteiger partial charge in [-0.25, -0.2) is 0 Å². The lowest BCUT2D eigenvalue weighted by Gasteiger charge is -2.21. The molecule has 2 nitrogen and oxygen atoms in total. The highest BCUT2D eigenvalue weighted by atomic mass is 35.5. The maximum atomic E-state index is 10.2. The molecule has 0 heterocycles. The molecule has 0 fully saturated rings. The minimum atomic E-state index is -0.478. The predicted molar refractivity (Wildman–Crippen MR) is 79.2 cm³/mol. The number of hydrogen-bond donors (Lipinski definition) is 1. The first-order valence-corrected chi connectivity index (χ1v) is 6.69. The fourth-order valence-electron chi connectivity index (χ4n) is 2.06. The van der Waals surface area contributed by atoms with Crippen LogP contribution in [-0.2, 0) is 6.54 Å². The van der Waals surface area contributed by atoms with Crippen molar-refractivity contribution < 1.29 is 5.11 Å². The number of halogens is 1. The Bertz CT molecular complexity index is 515. The minimum Gasteiger partial charge on any atom is -0.387 e. The van der Waals surface area contributed by atoms with Crippen molar-refractivity contribution in [3.63, 3.8) is 0 Å². The van der Waals surface area contributed by atoms with Crippen molar-refractivity contribution in [2.24, 2.45) is 0 Å². The average molecular weight is 276 g/mol. The van der Waals surface area contributed by atoms with Gasteiger partial charge in [-0.05, 0) is 24.2 Å². The van der Waals surface area contributed by atoms with Gasteiger partial charge in [0.1, 0.15) is 0 Å². The van der Waals surface area contributed by atoms with Crippen LogP contribution in [0.15, 0.2) is 54.6 Å². The molecule has 1 atom stereocenters. The van der Waals surface area contributed by atoms with E-state index in [1.807, 2.05) is 61.6 Å². The number of rotatable bonds is 5. The van der Waals surface area contributed by atoms with Crippen molar-refractivity contribution in [3.8, 4) is 0 Å². The first-order chi connectivity index (χ1) is 9.16. The lowest BCUT2D eigenvalue weighted by Crippen LogP contribution is -2.24. The van der Waals surface area contributed by atoms with Crippen LogP contribution in [0.25, 0.3) is 0 Å². The van der Waals surface area contributed by atoms with Crippen molar-refractivity contribution >= 4 is 11.6 Å². The molecule has 0 aliphatic rings. The van der Waals surface area contributed by atoms with Crippen LogP contribution in [0.1, 0.15) is 17.2 Å². The summed E-state index contributed by atoms with van der Waals surface area (Å²) in [6.07, 6.45) is -0.478. The molecule has 1 N–H and O–H groups in total. The van der Waals surface area contributed by atoms with Crippen LogP contribution in [0.5, 0.6) is 0 Å². The monoisotopic (exact) mass is 275 g/mol. The third kappa shape index (κ3) is 4.06. The van der Waals surface area contributed by atoms with Gasteiger partial charge in [-0.15, -0.1) is 0 Å². The predicted octanol–water partition coefficient (Wildman–Crippen LogP) is 3.51. The van der Waals surface area contributed by atoms with Crippen LogP contribution in [0.3, 0.4) is 0 Å². The number of aliphatic hydroxyl groups excluding tert-OH is 1. The van der Waals surface area contributed by atoms with Crippen molar-refractivity contribution in [1.29, 1.82) is 0 Å². The summed E-state index contributed by atoms with van der Waals surface area (Å²) in [5.41, 5.74) is 2.01. The standard InChI is InChI=1S/C16H18ClNO/c1-18(11-14-9-5-6-10-15(14)17)12-16(19)13-7-3-2-4-8-13/h2-10,16,19H,11-12H2,1H3/t16-/m0/s1. The normalized spacial score (nSPS) is 12.6. The highest BCUT2D eigenvalue weighted by Crippen LogP contribution is 2.18. The van der Waals surface area contributed by atoms with Gasteiger partial charge in [0.15, 0.2) is 0 Å². The van der Waals surface area contributed by atoms with Crippen LogP contribution in [0.4, 0.5) is 0 Å². The molecule has 0 aliphatic carbocycles. The van der Waals surface area contributed by atoms with Gasteiger partial charge in [0.25, 0.3) is 0 Å². The van der Waals surface area contributed by atoms with E-state index in [1.165, 1.54) is 0 Å². The Labute approximate surface area is 119 Å². The number of benzene rings is 2. The maximum absolute atomic E-state index is 10.2. The van der Waals surface area contributed by atoms with Crippen LogP contribution >= 0.6 is 11.6 Å². The Morgan fingerprint density at radius 1 is 1.05 bits per heavy atom. The second-order valence-electron chi connectivity index (χ2n) is 4.71. The van der Waals surface area contributed by atoms with Crippen molar-refractivity contribution in [2.45, 2.75) is 12.6 Å². The van der Waals surface area contributed by atoms with Gasteiger partial charge in [0, 0.05) is 18.1 Å².